The minimum Gasteiger partial charge on any atom is -0.399 e. The highest BCUT2D eigenvalue weighted by molar-refractivity contribution is 6.30. The minimum atomic E-state index is -0.0829. The number of carbonyl (C=O) groups is 1. The van der Waals surface area contributed by atoms with Crippen molar-refractivity contribution in [1.29, 1.82) is 0 Å². The standard InChI is InChI=1S/C27H29ClN4O/c28-20-9-6-18(7-10-20)15-25(33)32-27-24(14-17-4-2-1-3-5-17)30-26-22-12-11-21(29)16-19(22)8-13-23(26)31-27/h6-7,9-12,16-17H,1-5,8,13-15,29H2,(H,31,32,33). The number of benzene rings is 2. The van der Waals surface area contributed by atoms with Crippen LogP contribution in [0.5, 0.6) is 0 Å². The fourth-order valence-electron chi connectivity index (χ4n) is 5.07. The summed E-state index contributed by atoms with van der Waals surface area (Å²) >= 11 is 5.98. The normalized spacial score (nSPS) is 15.5. The van der Waals surface area contributed by atoms with Gasteiger partial charge in [0, 0.05) is 16.3 Å². The Morgan fingerprint density at radius 2 is 1.82 bits per heavy atom. The molecule has 1 heterocycles. The van der Waals surface area contributed by atoms with Gasteiger partial charge in [-0.15, -0.1) is 0 Å². The van der Waals surface area contributed by atoms with Gasteiger partial charge in [0.15, 0.2) is 5.82 Å². The van der Waals surface area contributed by atoms with E-state index < -0.39 is 0 Å². The summed E-state index contributed by atoms with van der Waals surface area (Å²) in [5, 5.41) is 3.74. The molecule has 0 spiro atoms. The number of aromatic nitrogens is 2. The van der Waals surface area contributed by atoms with Gasteiger partial charge in [-0.25, -0.2) is 9.97 Å². The molecule has 0 saturated heterocycles. The molecule has 1 fully saturated rings. The summed E-state index contributed by atoms with van der Waals surface area (Å²) in [6, 6.07) is 13.4. The maximum atomic E-state index is 12.9. The number of aryl methyl sites for hydroxylation is 2. The van der Waals surface area contributed by atoms with E-state index in [1.807, 2.05) is 36.4 Å². The number of nitrogens with one attached hydrogen (secondary N) is 1. The van der Waals surface area contributed by atoms with Gasteiger partial charge < -0.3 is 11.1 Å². The molecule has 1 saturated carbocycles. The Balaban J connectivity index is 1.46. The zero-order valence-electron chi connectivity index (χ0n) is 18.7. The summed E-state index contributed by atoms with van der Waals surface area (Å²) in [5.74, 6) is 1.13. The van der Waals surface area contributed by atoms with E-state index in [2.05, 4.69) is 11.4 Å². The van der Waals surface area contributed by atoms with Crippen LogP contribution in [-0.2, 0) is 30.5 Å². The molecule has 0 radical (unpaired) electrons. The Labute approximate surface area is 199 Å². The molecule has 2 aliphatic carbocycles. The van der Waals surface area contributed by atoms with Crippen LogP contribution < -0.4 is 11.1 Å². The second kappa shape index (κ2) is 9.52. The first-order valence-corrected chi connectivity index (χ1v) is 12.3. The largest absolute Gasteiger partial charge is 0.399 e. The summed E-state index contributed by atoms with van der Waals surface area (Å²) in [6.07, 6.45) is 9.07. The minimum absolute atomic E-state index is 0.0829. The Hall–Kier alpha value is -2.92. The number of nitrogens with two attached hydrogens (primary N) is 1. The van der Waals surface area contributed by atoms with Crippen LogP contribution in [-0.4, -0.2) is 15.9 Å². The fourth-order valence-corrected chi connectivity index (χ4v) is 5.20. The zero-order valence-corrected chi connectivity index (χ0v) is 19.5. The first-order valence-electron chi connectivity index (χ1n) is 11.9. The molecule has 3 N–H and O–H groups in total. The molecule has 0 bridgehead atoms. The predicted octanol–water partition coefficient (Wildman–Crippen LogP) is 5.78. The quantitative estimate of drug-likeness (QED) is 0.473. The number of amides is 1. The maximum Gasteiger partial charge on any atom is 0.229 e. The molecule has 5 nitrogen and oxygen atoms in total. The van der Waals surface area contributed by atoms with Gasteiger partial charge in [-0.05, 0) is 60.6 Å². The van der Waals surface area contributed by atoms with Gasteiger partial charge in [0.2, 0.25) is 5.91 Å². The molecule has 2 aliphatic rings. The molecule has 6 heteroatoms. The van der Waals surface area contributed by atoms with Crippen molar-refractivity contribution in [1.82, 2.24) is 9.97 Å². The maximum absolute atomic E-state index is 12.9. The van der Waals surface area contributed by atoms with Gasteiger partial charge in [-0.3, -0.25) is 4.79 Å². The fraction of sp³-hybridized carbons (Fsp3) is 0.370. The lowest BCUT2D eigenvalue weighted by molar-refractivity contribution is -0.115. The highest BCUT2D eigenvalue weighted by atomic mass is 35.5. The predicted molar refractivity (Wildman–Crippen MR) is 133 cm³/mol. The van der Waals surface area contributed by atoms with Crippen molar-refractivity contribution in [2.75, 3.05) is 11.1 Å². The second-order valence-corrected chi connectivity index (χ2v) is 9.73. The third kappa shape index (κ3) is 5.03. The Kier molecular flexibility index (Phi) is 6.32. The topological polar surface area (TPSA) is 80.9 Å². The van der Waals surface area contributed by atoms with E-state index in [9.17, 15) is 4.79 Å². The summed E-state index contributed by atoms with van der Waals surface area (Å²) in [5.41, 5.74) is 12.8. The van der Waals surface area contributed by atoms with Crippen LogP contribution >= 0.6 is 11.6 Å². The van der Waals surface area contributed by atoms with E-state index in [-0.39, 0.29) is 12.3 Å². The van der Waals surface area contributed by atoms with Crippen LogP contribution in [0, 0.1) is 5.92 Å². The molecule has 33 heavy (non-hydrogen) atoms. The van der Waals surface area contributed by atoms with Crippen molar-refractivity contribution < 1.29 is 4.79 Å². The van der Waals surface area contributed by atoms with Crippen LogP contribution in [0.25, 0.3) is 11.3 Å². The van der Waals surface area contributed by atoms with Gasteiger partial charge in [0.05, 0.1) is 23.5 Å². The summed E-state index contributed by atoms with van der Waals surface area (Å²) in [7, 11) is 0. The molecular formula is C27H29ClN4O. The number of rotatable bonds is 5. The number of nitrogens with zero attached hydrogens (tertiary/aromatic N) is 2. The molecule has 1 aromatic heterocycles. The Morgan fingerprint density at radius 3 is 2.61 bits per heavy atom. The van der Waals surface area contributed by atoms with Gasteiger partial charge >= 0.3 is 0 Å². The van der Waals surface area contributed by atoms with Crippen molar-refractivity contribution in [3.05, 3.63) is 70.0 Å². The molecule has 1 amide bonds. The molecule has 0 atom stereocenters. The van der Waals surface area contributed by atoms with Crippen molar-refractivity contribution in [3.63, 3.8) is 0 Å². The van der Waals surface area contributed by atoms with E-state index in [4.69, 9.17) is 27.3 Å². The molecular weight excluding hydrogens is 432 g/mol. The van der Waals surface area contributed by atoms with Crippen LogP contribution in [0.3, 0.4) is 0 Å². The van der Waals surface area contributed by atoms with Gasteiger partial charge in [-0.2, -0.15) is 0 Å². The first kappa shape index (κ1) is 21.9. The number of hydrogen-bond donors (Lipinski definition) is 2. The number of anilines is 2. The molecule has 0 aliphatic heterocycles. The molecule has 0 unspecified atom stereocenters. The SMILES string of the molecule is Nc1ccc2c(c1)CCc1nc(NC(=O)Cc3ccc(Cl)cc3)c(CC3CCCCC3)nc1-2. The Morgan fingerprint density at radius 1 is 1.03 bits per heavy atom. The molecule has 2 aromatic carbocycles. The van der Waals surface area contributed by atoms with E-state index in [0.717, 1.165) is 53.2 Å². The van der Waals surface area contributed by atoms with E-state index in [0.29, 0.717) is 16.8 Å². The van der Waals surface area contributed by atoms with Crippen molar-refractivity contribution in [3.8, 4) is 11.3 Å². The Bertz CT molecular complexity index is 1170. The van der Waals surface area contributed by atoms with E-state index in [1.165, 1.54) is 37.7 Å². The number of hydrogen-bond acceptors (Lipinski definition) is 4. The average Bonchev–Trinajstić information content (AvgIpc) is 2.81. The number of fused-ring (bicyclic) bond motifs is 3. The van der Waals surface area contributed by atoms with E-state index >= 15 is 0 Å². The third-order valence-corrected chi connectivity index (χ3v) is 7.05. The smallest absolute Gasteiger partial charge is 0.229 e. The number of halogens is 1. The lowest BCUT2D eigenvalue weighted by Gasteiger charge is -2.24. The third-order valence-electron chi connectivity index (χ3n) is 6.80. The monoisotopic (exact) mass is 460 g/mol. The van der Waals surface area contributed by atoms with E-state index in [1.54, 1.807) is 0 Å². The lowest BCUT2D eigenvalue weighted by Crippen LogP contribution is -2.21. The second-order valence-electron chi connectivity index (χ2n) is 9.29. The highest BCUT2D eigenvalue weighted by Crippen LogP contribution is 2.35. The summed E-state index contributed by atoms with van der Waals surface area (Å²) < 4.78 is 0. The number of carbonyl (C=O) groups excluding carboxylic acids is 1. The zero-order chi connectivity index (χ0) is 22.8. The molecule has 3 aromatic rings. The van der Waals surface area contributed by atoms with Crippen LogP contribution in [0.15, 0.2) is 42.5 Å². The highest BCUT2D eigenvalue weighted by Gasteiger charge is 2.24. The van der Waals surface area contributed by atoms with Crippen molar-refractivity contribution >= 4 is 29.0 Å². The van der Waals surface area contributed by atoms with Crippen molar-refractivity contribution in [2.24, 2.45) is 5.92 Å². The first-order chi connectivity index (χ1) is 16.0. The van der Waals surface area contributed by atoms with Gasteiger partial charge in [-0.1, -0.05) is 61.9 Å². The molecule has 170 valence electrons. The van der Waals surface area contributed by atoms with Crippen molar-refractivity contribution in [2.45, 2.75) is 57.8 Å². The summed E-state index contributed by atoms with van der Waals surface area (Å²) in [4.78, 5) is 23.0. The molecule has 5 rings (SSSR count). The lowest BCUT2D eigenvalue weighted by atomic mass is 9.85. The van der Waals surface area contributed by atoms with Gasteiger partial charge in [0.1, 0.15) is 0 Å². The van der Waals surface area contributed by atoms with Crippen LogP contribution in [0.4, 0.5) is 11.5 Å². The summed E-state index contributed by atoms with van der Waals surface area (Å²) in [6.45, 7) is 0. The average molecular weight is 461 g/mol. The number of nitrogen functional groups attached to an aromatic ring is 1. The van der Waals surface area contributed by atoms with Gasteiger partial charge in [0.25, 0.3) is 0 Å². The van der Waals surface area contributed by atoms with Crippen LogP contribution in [0.1, 0.15) is 54.6 Å². The van der Waals surface area contributed by atoms with Crippen LogP contribution in [0.2, 0.25) is 5.02 Å².